The summed E-state index contributed by atoms with van der Waals surface area (Å²) in [6, 6.07) is 53.1. The molecular formula is C45H37ClN6O. The lowest BCUT2D eigenvalue weighted by molar-refractivity contribution is 0.451. The molecule has 8 heteroatoms. The van der Waals surface area contributed by atoms with E-state index in [4.69, 9.17) is 26.9 Å². The zero-order valence-electron chi connectivity index (χ0n) is 29.3. The van der Waals surface area contributed by atoms with Crippen molar-refractivity contribution in [2.45, 2.75) is 38.3 Å². The number of aryl methyl sites for hydroxylation is 1. The number of hydrogen-bond donors (Lipinski definition) is 0. The smallest absolute Gasteiger partial charge is 0.261 e. The number of benzene rings is 6. The molecule has 0 saturated heterocycles. The molecule has 0 atom stereocenters. The first-order valence-corrected chi connectivity index (χ1v) is 18.3. The zero-order chi connectivity index (χ0) is 36.2. The van der Waals surface area contributed by atoms with E-state index in [2.05, 4.69) is 121 Å². The number of hydrogen-bond acceptors (Lipinski definition) is 5. The summed E-state index contributed by atoms with van der Waals surface area (Å²) in [5, 5.41) is 14.9. The van der Waals surface area contributed by atoms with Gasteiger partial charge in [0.15, 0.2) is 5.82 Å². The van der Waals surface area contributed by atoms with E-state index in [0.29, 0.717) is 34.7 Å². The van der Waals surface area contributed by atoms with Crippen LogP contribution >= 0.6 is 11.6 Å². The van der Waals surface area contributed by atoms with Gasteiger partial charge in [-0.1, -0.05) is 164 Å². The normalized spacial score (nSPS) is 11.6. The zero-order valence-corrected chi connectivity index (χ0v) is 30.1. The maximum Gasteiger partial charge on any atom is 0.261 e. The highest BCUT2D eigenvalue weighted by molar-refractivity contribution is 6.31. The van der Waals surface area contributed by atoms with Crippen molar-refractivity contribution in [3.8, 4) is 22.5 Å². The average molecular weight is 713 g/mol. The van der Waals surface area contributed by atoms with Crippen molar-refractivity contribution in [1.29, 1.82) is 0 Å². The summed E-state index contributed by atoms with van der Waals surface area (Å²) in [4.78, 5) is 18.7. The summed E-state index contributed by atoms with van der Waals surface area (Å²) in [5.74, 6) is 1.40. The molecule has 0 saturated carbocycles. The van der Waals surface area contributed by atoms with Crippen LogP contribution in [0.3, 0.4) is 0 Å². The Kier molecular flexibility index (Phi) is 9.49. The maximum absolute atomic E-state index is 13.8. The van der Waals surface area contributed by atoms with Gasteiger partial charge in [-0.25, -0.2) is 9.67 Å². The van der Waals surface area contributed by atoms with Gasteiger partial charge in [0.1, 0.15) is 11.4 Å². The molecule has 0 amide bonds. The van der Waals surface area contributed by atoms with Crippen molar-refractivity contribution >= 4 is 22.5 Å². The molecule has 7 nitrogen and oxygen atoms in total. The molecule has 6 aromatic carbocycles. The molecule has 0 spiro atoms. The fourth-order valence-electron chi connectivity index (χ4n) is 7.32. The molecular weight excluding hydrogens is 676 g/mol. The first-order valence-electron chi connectivity index (χ1n) is 17.9. The largest absolute Gasteiger partial charge is 0.292 e. The predicted molar refractivity (Wildman–Crippen MR) is 212 cm³/mol. The lowest BCUT2D eigenvalue weighted by atomic mass is 9.77. The van der Waals surface area contributed by atoms with Crippen LogP contribution in [0.1, 0.15) is 47.8 Å². The molecule has 2 aromatic heterocycles. The van der Waals surface area contributed by atoms with Gasteiger partial charge in [-0.15, -0.1) is 5.10 Å². The summed E-state index contributed by atoms with van der Waals surface area (Å²) in [6.07, 6.45) is 2.66. The van der Waals surface area contributed by atoms with Crippen LogP contribution in [0.5, 0.6) is 0 Å². The van der Waals surface area contributed by atoms with E-state index in [0.717, 1.165) is 57.6 Å². The van der Waals surface area contributed by atoms with Crippen LogP contribution in [-0.2, 0) is 18.5 Å². The molecule has 0 aliphatic rings. The summed E-state index contributed by atoms with van der Waals surface area (Å²) in [7, 11) is 0. The second kappa shape index (κ2) is 14.8. The first-order chi connectivity index (χ1) is 26.1. The third-order valence-electron chi connectivity index (χ3n) is 9.89. The van der Waals surface area contributed by atoms with Gasteiger partial charge in [0, 0.05) is 17.0 Å². The quantitative estimate of drug-likeness (QED) is 0.125. The molecule has 8 aromatic rings. The molecule has 2 heterocycles. The number of unbranched alkanes of at least 4 members (excludes halogenated alkanes) is 1. The minimum absolute atomic E-state index is 0.0576. The monoisotopic (exact) mass is 712 g/mol. The molecule has 0 N–H and O–H groups in total. The summed E-state index contributed by atoms with van der Waals surface area (Å²) in [6.45, 7) is 2.55. The number of fused-ring (bicyclic) bond motifs is 1. The van der Waals surface area contributed by atoms with E-state index in [1.165, 1.54) is 0 Å². The van der Waals surface area contributed by atoms with E-state index in [9.17, 15) is 4.79 Å². The highest BCUT2D eigenvalue weighted by Gasteiger charge is 2.42. The number of aromatic nitrogens is 6. The maximum atomic E-state index is 13.8. The summed E-state index contributed by atoms with van der Waals surface area (Å²) >= 11 is 6.26. The Hall–Kier alpha value is -6.18. The Morgan fingerprint density at radius 3 is 1.87 bits per heavy atom. The van der Waals surface area contributed by atoms with Gasteiger partial charge in [-0.3, -0.25) is 9.36 Å². The van der Waals surface area contributed by atoms with Crippen LogP contribution in [0.2, 0.25) is 5.02 Å². The van der Waals surface area contributed by atoms with Gasteiger partial charge in [0.2, 0.25) is 0 Å². The van der Waals surface area contributed by atoms with Gasteiger partial charge in [-0.05, 0) is 68.4 Å². The van der Waals surface area contributed by atoms with E-state index in [1.54, 1.807) is 22.8 Å². The Bertz CT molecular complexity index is 2450. The summed E-state index contributed by atoms with van der Waals surface area (Å²) in [5.41, 5.74) is 6.70. The first kappa shape index (κ1) is 33.9. The molecule has 0 bridgehead atoms. The molecule has 53 heavy (non-hydrogen) atoms. The van der Waals surface area contributed by atoms with Crippen molar-refractivity contribution in [3.05, 3.63) is 201 Å². The fraction of sp³-hybridized carbons (Fsp3) is 0.133. The van der Waals surface area contributed by atoms with E-state index >= 15 is 0 Å². The van der Waals surface area contributed by atoms with Gasteiger partial charge in [0.05, 0.1) is 17.4 Å². The van der Waals surface area contributed by atoms with Crippen LogP contribution in [0.15, 0.2) is 163 Å². The molecule has 0 aliphatic heterocycles. The molecule has 0 unspecified atom stereocenters. The second-order valence-corrected chi connectivity index (χ2v) is 13.6. The van der Waals surface area contributed by atoms with Gasteiger partial charge < -0.3 is 0 Å². The number of rotatable bonds is 11. The third-order valence-corrected chi connectivity index (χ3v) is 10.1. The topological polar surface area (TPSA) is 78.5 Å². The van der Waals surface area contributed by atoms with Crippen LogP contribution < -0.4 is 5.56 Å². The van der Waals surface area contributed by atoms with Crippen molar-refractivity contribution in [1.82, 2.24) is 29.8 Å². The van der Waals surface area contributed by atoms with Crippen molar-refractivity contribution in [2.75, 3.05) is 0 Å². The van der Waals surface area contributed by atoms with Crippen molar-refractivity contribution in [2.24, 2.45) is 0 Å². The molecule has 260 valence electrons. The van der Waals surface area contributed by atoms with Gasteiger partial charge in [0.25, 0.3) is 5.56 Å². The number of halogens is 1. The minimum Gasteiger partial charge on any atom is -0.292 e. The molecule has 8 rings (SSSR count). The van der Waals surface area contributed by atoms with Crippen LogP contribution in [0.4, 0.5) is 0 Å². The molecule has 0 radical (unpaired) electrons. The second-order valence-electron chi connectivity index (χ2n) is 13.1. The predicted octanol–water partition coefficient (Wildman–Crippen LogP) is 9.60. The van der Waals surface area contributed by atoms with Crippen molar-refractivity contribution < 1.29 is 0 Å². The Balaban J connectivity index is 1.22. The average Bonchev–Trinajstić information content (AvgIpc) is 3.70. The van der Waals surface area contributed by atoms with Crippen LogP contribution in [0, 0.1) is 0 Å². The third kappa shape index (κ3) is 6.34. The number of nitrogens with zero attached hydrogens (tertiary/aromatic N) is 6. The fourth-order valence-corrected chi connectivity index (χ4v) is 7.48. The van der Waals surface area contributed by atoms with Gasteiger partial charge >= 0.3 is 0 Å². The summed E-state index contributed by atoms with van der Waals surface area (Å²) < 4.78 is 3.77. The van der Waals surface area contributed by atoms with E-state index in [-0.39, 0.29) is 5.56 Å². The van der Waals surface area contributed by atoms with Crippen LogP contribution in [0.25, 0.3) is 33.4 Å². The minimum atomic E-state index is -0.873. The SMILES string of the molecule is CCCCc1nc2cc(Cl)ccc2c(=O)n1Cc1ccc(-c2ccccc2-c2nnnn2C(c2ccccc2)(c2ccccc2)c2ccccc2)cc1. The Morgan fingerprint density at radius 2 is 1.26 bits per heavy atom. The van der Waals surface area contributed by atoms with Gasteiger partial charge in [-0.2, -0.15) is 0 Å². The Labute approximate surface area is 313 Å². The lowest BCUT2D eigenvalue weighted by Crippen LogP contribution is -2.39. The standard InChI is InChI=1S/C45H37ClN6O/c1-2-3-23-42-47-41-30-37(46)28-29-40(41)44(53)51(42)31-32-24-26-33(27-25-32)38-21-13-14-22-39(38)43-48-49-50-52(43)45(34-15-7-4-8-16-34,35-17-9-5-10-18-35)36-19-11-6-12-20-36/h4-22,24-30H,2-3,23,31H2,1H3. The Morgan fingerprint density at radius 1 is 0.679 bits per heavy atom. The highest BCUT2D eigenvalue weighted by atomic mass is 35.5. The van der Waals surface area contributed by atoms with E-state index in [1.807, 2.05) is 35.0 Å². The van der Waals surface area contributed by atoms with Crippen LogP contribution in [-0.4, -0.2) is 29.8 Å². The van der Waals surface area contributed by atoms with Crippen molar-refractivity contribution in [3.63, 3.8) is 0 Å². The highest BCUT2D eigenvalue weighted by Crippen LogP contribution is 2.43. The lowest BCUT2D eigenvalue weighted by Gasteiger charge is -2.36. The number of tetrazole rings is 1. The molecule has 0 aliphatic carbocycles. The van der Waals surface area contributed by atoms with E-state index < -0.39 is 5.54 Å². The molecule has 0 fully saturated rings.